The number of carboxylic acids is 1. The average molecular weight is 274 g/mol. The molecule has 1 heterocycles. The van der Waals surface area contributed by atoms with Gasteiger partial charge in [0.25, 0.3) is 0 Å². The van der Waals surface area contributed by atoms with Crippen LogP contribution in [-0.2, 0) is 15.0 Å². The molecule has 1 saturated carbocycles. The molecule has 0 aromatic heterocycles. The summed E-state index contributed by atoms with van der Waals surface area (Å²) in [6, 6.07) is 7.61. The maximum atomic E-state index is 11.7. The van der Waals surface area contributed by atoms with Crippen molar-refractivity contribution in [3.63, 3.8) is 0 Å². The number of para-hydroxylation sites is 1. The summed E-state index contributed by atoms with van der Waals surface area (Å²) in [5.41, 5.74) is 0.989. The first-order valence-electron chi connectivity index (χ1n) is 6.98. The minimum absolute atomic E-state index is 0.0102. The molecule has 5 nitrogen and oxygen atoms in total. The quantitative estimate of drug-likeness (QED) is 0.867. The number of anilines is 1. The lowest BCUT2D eigenvalue weighted by atomic mass is 9.64. The predicted octanol–water partition coefficient (Wildman–Crippen LogP) is 1.13. The van der Waals surface area contributed by atoms with Crippen molar-refractivity contribution in [2.45, 2.75) is 24.7 Å². The van der Waals surface area contributed by atoms with Crippen LogP contribution in [0.5, 0.6) is 0 Å². The van der Waals surface area contributed by atoms with Crippen molar-refractivity contribution < 1.29 is 14.7 Å². The van der Waals surface area contributed by atoms with Gasteiger partial charge < -0.3 is 15.3 Å². The molecule has 2 fully saturated rings. The zero-order valence-electron chi connectivity index (χ0n) is 11.3. The Kier molecular flexibility index (Phi) is 3.12. The van der Waals surface area contributed by atoms with Crippen molar-refractivity contribution in [1.29, 1.82) is 0 Å². The zero-order valence-corrected chi connectivity index (χ0v) is 11.3. The van der Waals surface area contributed by atoms with Crippen LogP contribution in [0.3, 0.4) is 0 Å². The van der Waals surface area contributed by atoms with E-state index in [4.69, 9.17) is 0 Å². The van der Waals surface area contributed by atoms with Crippen LogP contribution in [0.25, 0.3) is 0 Å². The fourth-order valence-corrected chi connectivity index (χ4v) is 3.13. The molecule has 2 N–H and O–H groups in total. The molecule has 0 atom stereocenters. The monoisotopic (exact) mass is 274 g/mol. The molecule has 1 aromatic carbocycles. The molecule has 1 amide bonds. The van der Waals surface area contributed by atoms with Gasteiger partial charge in [0.05, 0.1) is 12.0 Å². The topological polar surface area (TPSA) is 69.6 Å². The van der Waals surface area contributed by atoms with Crippen LogP contribution in [0.4, 0.5) is 5.69 Å². The molecular weight excluding hydrogens is 256 g/mol. The Morgan fingerprint density at radius 2 is 2.05 bits per heavy atom. The van der Waals surface area contributed by atoms with Crippen LogP contribution >= 0.6 is 0 Å². The van der Waals surface area contributed by atoms with Gasteiger partial charge in [0.15, 0.2) is 0 Å². The third-order valence-electron chi connectivity index (χ3n) is 4.42. The highest BCUT2D eigenvalue weighted by Gasteiger charge is 2.47. The molecule has 3 rings (SSSR count). The van der Waals surface area contributed by atoms with E-state index in [1.54, 1.807) is 0 Å². The number of carbonyl (C=O) groups excluding carboxylic acids is 1. The Hall–Kier alpha value is -2.04. The van der Waals surface area contributed by atoms with Crippen molar-refractivity contribution in [1.82, 2.24) is 5.32 Å². The summed E-state index contributed by atoms with van der Waals surface area (Å²) in [6.07, 6.45) is 2.31. The maximum absolute atomic E-state index is 11.7. The number of aliphatic carboxylic acids is 1. The highest BCUT2D eigenvalue weighted by Crippen LogP contribution is 2.47. The first kappa shape index (κ1) is 13.0. The van der Waals surface area contributed by atoms with Gasteiger partial charge >= 0.3 is 5.97 Å². The van der Waals surface area contributed by atoms with E-state index in [9.17, 15) is 14.7 Å². The third-order valence-corrected chi connectivity index (χ3v) is 4.42. The molecular formula is C15H18N2O3. The zero-order chi connectivity index (χ0) is 14.2. The van der Waals surface area contributed by atoms with Gasteiger partial charge in [0, 0.05) is 18.8 Å². The van der Waals surface area contributed by atoms with Gasteiger partial charge in [-0.3, -0.25) is 9.59 Å². The lowest BCUT2D eigenvalue weighted by Gasteiger charge is -2.41. The molecule has 1 aromatic rings. The fraction of sp³-hybridized carbons (Fsp3) is 0.467. The second-order valence-corrected chi connectivity index (χ2v) is 5.53. The van der Waals surface area contributed by atoms with Gasteiger partial charge in [0.2, 0.25) is 5.91 Å². The van der Waals surface area contributed by atoms with Gasteiger partial charge in [-0.2, -0.15) is 0 Å². The van der Waals surface area contributed by atoms with Gasteiger partial charge in [-0.05, 0) is 24.5 Å². The fourth-order valence-electron chi connectivity index (χ4n) is 3.13. The number of hydrogen-bond donors (Lipinski definition) is 2. The number of carbonyl (C=O) groups is 2. The minimum atomic E-state index is -0.759. The van der Waals surface area contributed by atoms with E-state index in [1.807, 2.05) is 29.2 Å². The SMILES string of the molecule is O=C1CN(c2ccccc2C2(C(=O)O)CCC2)CCN1. The van der Waals surface area contributed by atoms with Gasteiger partial charge in [-0.15, -0.1) is 0 Å². The molecule has 1 aliphatic carbocycles. The number of benzene rings is 1. The van der Waals surface area contributed by atoms with Gasteiger partial charge in [-0.1, -0.05) is 24.6 Å². The first-order chi connectivity index (χ1) is 9.63. The molecule has 0 unspecified atom stereocenters. The Bertz CT molecular complexity index is 552. The molecule has 0 radical (unpaired) electrons. The Labute approximate surface area is 117 Å². The van der Waals surface area contributed by atoms with Crippen LogP contribution in [0.15, 0.2) is 24.3 Å². The summed E-state index contributed by atoms with van der Waals surface area (Å²) in [5, 5.41) is 12.4. The van der Waals surface area contributed by atoms with Crippen LogP contribution < -0.4 is 10.2 Å². The highest BCUT2D eigenvalue weighted by atomic mass is 16.4. The second kappa shape index (κ2) is 4.81. The molecule has 20 heavy (non-hydrogen) atoms. The van der Waals surface area contributed by atoms with Crippen molar-refractivity contribution in [3.05, 3.63) is 29.8 Å². The lowest BCUT2D eigenvalue weighted by Crippen LogP contribution is -2.49. The smallest absolute Gasteiger partial charge is 0.314 e. The molecule has 2 aliphatic rings. The normalized spacial score (nSPS) is 21.0. The standard InChI is InChI=1S/C15H18N2O3/c18-13-10-17(9-8-16-13)12-5-2-1-4-11(12)15(14(19)20)6-3-7-15/h1-2,4-5H,3,6-10H2,(H,16,18)(H,19,20). The van der Waals surface area contributed by atoms with Crippen LogP contribution in [0.1, 0.15) is 24.8 Å². The van der Waals surface area contributed by atoms with E-state index in [1.165, 1.54) is 0 Å². The van der Waals surface area contributed by atoms with Crippen LogP contribution in [0.2, 0.25) is 0 Å². The van der Waals surface area contributed by atoms with E-state index in [0.29, 0.717) is 25.9 Å². The Morgan fingerprint density at radius 3 is 2.65 bits per heavy atom. The van der Waals surface area contributed by atoms with Gasteiger partial charge in [-0.25, -0.2) is 0 Å². The Balaban J connectivity index is 2.00. The van der Waals surface area contributed by atoms with Crippen LogP contribution in [0, 0.1) is 0 Å². The molecule has 1 aliphatic heterocycles. The van der Waals surface area contributed by atoms with E-state index in [2.05, 4.69) is 5.32 Å². The number of nitrogens with one attached hydrogen (secondary N) is 1. The molecule has 0 spiro atoms. The number of piperazine rings is 1. The third kappa shape index (κ3) is 1.94. The summed E-state index contributed by atoms with van der Waals surface area (Å²) in [4.78, 5) is 25.2. The number of carboxylic acid groups (broad SMARTS) is 1. The number of nitrogens with zero attached hydrogens (tertiary/aromatic N) is 1. The highest BCUT2D eigenvalue weighted by molar-refractivity contribution is 5.87. The molecule has 106 valence electrons. The molecule has 5 heteroatoms. The van der Waals surface area contributed by atoms with Crippen molar-refractivity contribution in [3.8, 4) is 0 Å². The van der Waals surface area contributed by atoms with Crippen molar-refractivity contribution >= 4 is 17.6 Å². The second-order valence-electron chi connectivity index (χ2n) is 5.53. The summed E-state index contributed by atoms with van der Waals surface area (Å²) < 4.78 is 0. The summed E-state index contributed by atoms with van der Waals surface area (Å²) in [7, 11) is 0. The average Bonchev–Trinajstić information content (AvgIpc) is 2.37. The lowest BCUT2D eigenvalue weighted by molar-refractivity contribution is -0.147. The van der Waals surface area contributed by atoms with E-state index in [0.717, 1.165) is 24.2 Å². The Morgan fingerprint density at radius 1 is 1.30 bits per heavy atom. The molecule has 0 bridgehead atoms. The number of rotatable bonds is 3. The van der Waals surface area contributed by atoms with Crippen LogP contribution in [-0.4, -0.2) is 36.6 Å². The van der Waals surface area contributed by atoms with Gasteiger partial charge in [0.1, 0.15) is 0 Å². The first-order valence-corrected chi connectivity index (χ1v) is 6.98. The number of hydrogen-bond acceptors (Lipinski definition) is 3. The van der Waals surface area contributed by atoms with Crippen molar-refractivity contribution in [2.24, 2.45) is 0 Å². The van der Waals surface area contributed by atoms with E-state index >= 15 is 0 Å². The maximum Gasteiger partial charge on any atom is 0.314 e. The predicted molar refractivity (Wildman–Crippen MR) is 74.8 cm³/mol. The largest absolute Gasteiger partial charge is 0.481 e. The minimum Gasteiger partial charge on any atom is -0.481 e. The summed E-state index contributed by atoms with van der Waals surface area (Å²) >= 11 is 0. The van der Waals surface area contributed by atoms with Crippen molar-refractivity contribution in [2.75, 3.05) is 24.5 Å². The summed E-state index contributed by atoms with van der Waals surface area (Å²) in [6.45, 7) is 1.62. The molecule has 1 saturated heterocycles. The van der Waals surface area contributed by atoms with E-state index < -0.39 is 11.4 Å². The summed E-state index contributed by atoms with van der Waals surface area (Å²) in [5.74, 6) is -0.762. The van der Waals surface area contributed by atoms with E-state index in [-0.39, 0.29) is 5.91 Å². The number of amides is 1.